The highest BCUT2D eigenvalue weighted by atomic mass is 32.2. The van der Waals surface area contributed by atoms with E-state index in [4.69, 9.17) is 4.74 Å². The number of carbonyl (C=O) groups is 2. The first-order valence-corrected chi connectivity index (χ1v) is 11.0. The summed E-state index contributed by atoms with van der Waals surface area (Å²) in [7, 11) is -3.69. The van der Waals surface area contributed by atoms with Gasteiger partial charge in [-0.3, -0.25) is 14.5 Å². The maximum absolute atomic E-state index is 12.6. The predicted molar refractivity (Wildman–Crippen MR) is 113 cm³/mol. The van der Waals surface area contributed by atoms with Crippen molar-refractivity contribution in [2.75, 3.05) is 6.61 Å². The second-order valence-corrected chi connectivity index (χ2v) is 9.05. The Morgan fingerprint density at radius 2 is 1.73 bits per heavy atom. The van der Waals surface area contributed by atoms with Crippen LogP contribution in [0, 0.1) is 27.7 Å². The van der Waals surface area contributed by atoms with Gasteiger partial charge in [0.25, 0.3) is 10.0 Å². The number of ether oxygens (including phenoxy) is 1. The van der Waals surface area contributed by atoms with Crippen LogP contribution in [0.5, 0.6) is 0 Å². The SMILES string of the molecule is Cc1cc(C(=O)COC(=O)C(C)N=C2NS(=O)(=O)c3ccccc32)c(C)c(C)c1C. The Morgan fingerprint density at radius 3 is 2.43 bits per heavy atom. The highest BCUT2D eigenvalue weighted by Crippen LogP contribution is 2.23. The van der Waals surface area contributed by atoms with Crippen molar-refractivity contribution >= 4 is 27.6 Å². The van der Waals surface area contributed by atoms with Gasteiger partial charge in [-0.25, -0.2) is 13.2 Å². The van der Waals surface area contributed by atoms with Crippen LogP contribution in [0.2, 0.25) is 0 Å². The molecule has 1 aliphatic heterocycles. The Morgan fingerprint density at radius 1 is 1.07 bits per heavy atom. The summed E-state index contributed by atoms with van der Waals surface area (Å²) in [6.45, 7) is 8.85. The molecule has 2 aromatic carbocycles. The molecular weight excluding hydrogens is 404 g/mol. The third-order valence-electron chi connectivity index (χ3n) is 5.45. The van der Waals surface area contributed by atoms with Crippen LogP contribution >= 0.6 is 0 Å². The number of carbonyl (C=O) groups excluding carboxylic acids is 2. The minimum Gasteiger partial charge on any atom is -0.456 e. The summed E-state index contributed by atoms with van der Waals surface area (Å²) in [5, 5.41) is 0. The van der Waals surface area contributed by atoms with Crippen molar-refractivity contribution in [2.24, 2.45) is 4.99 Å². The first kappa shape index (κ1) is 21.7. The van der Waals surface area contributed by atoms with Gasteiger partial charge >= 0.3 is 5.97 Å². The molecule has 0 radical (unpaired) electrons. The molecule has 8 heteroatoms. The Balaban J connectivity index is 1.72. The van der Waals surface area contributed by atoms with Crippen LogP contribution in [0.4, 0.5) is 0 Å². The average Bonchev–Trinajstić information content (AvgIpc) is 2.97. The second kappa shape index (κ2) is 8.02. The first-order valence-electron chi connectivity index (χ1n) is 9.50. The number of aryl methyl sites for hydroxylation is 1. The summed E-state index contributed by atoms with van der Waals surface area (Å²) < 4.78 is 31.8. The van der Waals surface area contributed by atoms with E-state index < -0.39 is 28.6 Å². The second-order valence-electron chi connectivity index (χ2n) is 7.40. The minimum absolute atomic E-state index is 0.0852. The zero-order valence-electron chi connectivity index (χ0n) is 17.6. The van der Waals surface area contributed by atoms with E-state index in [-0.39, 0.29) is 16.5 Å². The monoisotopic (exact) mass is 428 g/mol. The number of rotatable bonds is 5. The van der Waals surface area contributed by atoms with E-state index in [2.05, 4.69) is 9.71 Å². The molecular formula is C22H24N2O5S. The fraction of sp³-hybridized carbons (Fsp3) is 0.318. The quantitative estimate of drug-likeness (QED) is 0.583. The van der Waals surface area contributed by atoms with E-state index in [0.29, 0.717) is 11.1 Å². The first-order chi connectivity index (χ1) is 14.0. The summed E-state index contributed by atoms with van der Waals surface area (Å²) in [4.78, 5) is 29.2. The van der Waals surface area contributed by atoms with Crippen LogP contribution in [0.3, 0.4) is 0 Å². The Hall–Kier alpha value is -3.00. The zero-order valence-corrected chi connectivity index (χ0v) is 18.4. The number of hydrogen-bond donors (Lipinski definition) is 1. The molecule has 30 heavy (non-hydrogen) atoms. The number of ketones is 1. The van der Waals surface area contributed by atoms with E-state index in [1.165, 1.54) is 13.0 Å². The van der Waals surface area contributed by atoms with Gasteiger partial charge in [0, 0.05) is 11.1 Å². The highest BCUT2D eigenvalue weighted by Gasteiger charge is 2.31. The molecule has 158 valence electrons. The molecule has 1 unspecified atom stereocenters. The molecule has 0 fully saturated rings. The van der Waals surface area contributed by atoms with Gasteiger partial charge in [-0.2, -0.15) is 0 Å². The predicted octanol–water partition coefficient (Wildman–Crippen LogP) is 2.77. The number of fused-ring (bicyclic) bond motifs is 1. The topological polar surface area (TPSA) is 102 Å². The summed E-state index contributed by atoms with van der Waals surface area (Å²) >= 11 is 0. The third-order valence-corrected chi connectivity index (χ3v) is 6.85. The lowest BCUT2D eigenvalue weighted by Gasteiger charge is -2.14. The Bertz CT molecular complexity index is 1180. The van der Waals surface area contributed by atoms with Gasteiger partial charge in [-0.05, 0) is 75.1 Å². The largest absolute Gasteiger partial charge is 0.456 e. The maximum atomic E-state index is 12.6. The number of nitrogens with one attached hydrogen (secondary N) is 1. The average molecular weight is 429 g/mol. The van der Waals surface area contributed by atoms with E-state index >= 15 is 0 Å². The molecule has 0 aliphatic carbocycles. The van der Waals surface area contributed by atoms with Crippen LogP contribution in [-0.2, 0) is 19.6 Å². The number of nitrogens with zero attached hydrogens (tertiary/aromatic N) is 1. The van der Waals surface area contributed by atoms with Crippen LogP contribution in [0.25, 0.3) is 0 Å². The molecule has 0 bridgehead atoms. The van der Waals surface area contributed by atoms with E-state index in [0.717, 1.165) is 22.3 Å². The van der Waals surface area contributed by atoms with Gasteiger partial charge in [0.15, 0.2) is 6.61 Å². The molecule has 1 atom stereocenters. The Kier molecular flexibility index (Phi) is 5.81. The van der Waals surface area contributed by atoms with Crippen molar-refractivity contribution in [1.82, 2.24) is 4.72 Å². The molecule has 0 spiro atoms. The molecule has 3 rings (SSSR count). The molecule has 1 aliphatic rings. The minimum atomic E-state index is -3.69. The number of amidine groups is 1. The highest BCUT2D eigenvalue weighted by molar-refractivity contribution is 7.90. The van der Waals surface area contributed by atoms with Crippen molar-refractivity contribution in [3.63, 3.8) is 0 Å². The van der Waals surface area contributed by atoms with Crippen LogP contribution in [0.15, 0.2) is 40.2 Å². The fourth-order valence-corrected chi connectivity index (χ4v) is 4.55. The molecule has 1 heterocycles. The van der Waals surface area contributed by atoms with Crippen molar-refractivity contribution in [3.8, 4) is 0 Å². The van der Waals surface area contributed by atoms with Gasteiger partial charge in [-0.1, -0.05) is 12.1 Å². The van der Waals surface area contributed by atoms with Crippen LogP contribution in [-0.4, -0.2) is 38.7 Å². The van der Waals surface area contributed by atoms with E-state index in [9.17, 15) is 18.0 Å². The summed E-state index contributed by atoms with van der Waals surface area (Å²) in [6.07, 6.45) is 0. The van der Waals surface area contributed by atoms with E-state index in [1.807, 2.05) is 33.8 Å². The Labute approximate surface area is 176 Å². The van der Waals surface area contributed by atoms with Crippen molar-refractivity contribution in [3.05, 3.63) is 63.7 Å². The lowest BCUT2D eigenvalue weighted by atomic mass is 9.93. The van der Waals surface area contributed by atoms with Gasteiger partial charge in [0.1, 0.15) is 11.9 Å². The van der Waals surface area contributed by atoms with Gasteiger partial charge < -0.3 is 4.74 Å². The lowest BCUT2D eigenvalue weighted by Crippen LogP contribution is -2.27. The summed E-state index contributed by atoms with van der Waals surface area (Å²) in [5.74, 6) is -0.918. The number of Topliss-reactive ketones (excluding diaryl/α,β-unsaturated/α-hetero) is 1. The smallest absolute Gasteiger partial charge is 0.331 e. The standard InChI is InChI=1S/C22H24N2O5S/c1-12-10-18(15(4)14(3)13(12)2)19(25)11-29-22(26)16(5)23-21-17-8-6-7-9-20(17)30(27,28)24-21/h6-10,16H,11H2,1-5H3,(H,23,24). The van der Waals surface area contributed by atoms with Crippen LogP contribution in [0.1, 0.15) is 45.1 Å². The number of hydrogen-bond acceptors (Lipinski definition) is 6. The third kappa shape index (κ3) is 4.00. The lowest BCUT2D eigenvalue weighted by molar-refractivity contribution is -0.143. The van der Waals surface area contributed by atoms with Gasteiger partial charge in [0.05, 0.1) is 4.90 Å². The molecule has 2 aromatic rings. The zero-order chi connectivity index (χ0) is 22.2. The van der Waals surface area contributed by atoms with Crippen molar-refractivity contribution < 1.29 is 22.7 Å². The van der Waals surface area contributed by atoms with Crippen molar-refractivity contribution in [1.29, 1.82) is 0 Å². The van der Waals surface area contributed by atoms with Gasteiger partial charge in [0.2, 0.25) is 5.78 Å². The summed E-state index contributed by atoms with van der Waals surface area (Å²) in [6, 6.07) is 7.20. The summed E-state index contributed by atoms with van der Waals surface area (Å²) in [5.41, 5.74) is 4.96. The molecule has 0 aromatic heterocycles. The number of aliphatic imine (C=N–C) groups is 1. The molecule has 0 saturated carbocycles. The van der Waals surface area contributed by atoms with E-state index in [1.54, 1.807) is 18.2 Å². The number of sulfonamides is 1. The van der Waals surface area contributed by atoms with Crippen molar-refractivity contribution in [2.45, 2.75) is 45.6 Å². The maximum Gasteiger partial charge on any atom is 0.331 e. The number of esters is 1. The van der Waals surface area contributed by atoms with Crippen LogP contribution < -0.4 is 4.72 Å². The molecule has 7 nitrogen and oxygen atoms in total. The molecule has 0 amide bonds. The molecule has 0 saturated heterocycles. The fourth-order valence-electron chi connectivity index (χ4n) is 3.31. The number of benzene rings is 2. The van der Waals surface area contributed by atoms with Gasteiger partial charge in [-0.15, -0.1) is 0 Å². The molecule has 1 N–H and O–H groups in total. The normalized spacial score (nSPS) is 16.6.